The van der Waals surface area contributed by atoms with Gasteiger partial charge in [0.05, 0.1) is 5.56 Å². The molecule has 0 bridgehead atoms. The van der Waals surface area contributed by atoms with Crippen LogP contribution in [0.4, 0.5) is 22.0 Å². The Morgan fingerprint density at radius 1 is 0.912 bits per heavy atom. The van der Waals surface area contributed by atoms with Gasteiger partial charge in [0, 0.05) is 19.2 Å². The van der Waals surface area contributed by atoms with Gasteiger partial charge in [0.15, 0.2) is 41.4 Å². The molecule has 2 aromatic carbocycles. The number of benzene rings is 2. The Hall–Kier alpha value is -3.63. The van der Waals surface area contributed by atoms with Crippen LogP contribution in [0, 0.1) is 29.1 Å². The molecule has 0 unspecified atom stereocenters. The number of carboxylic acids is 1. The number of amides is 1. The summed E-state index contributed by atoms with van der Waals surface area (Å²) in [6.45, 7) is 4.41. The SMILES string of the molecule is CCN(CC)C(=O)/C=C(\C)c1ccc(OCc2c(F)c(F)c(F)c(F)c2F)c(OCC(=O)O)c1. The first kappa shape index (κ1) is 26.6. The van der Waals surface area contributed by atoms with Crippen molar-refractivity contribution < 1.29 is 46.1 Å². The number of likely N-dealkylation sites (N-methyl/N-ethyl adjacent to an activating group) is 1. The number of aliphatic carboxylic acids is 1. The monoisotopic (exact) mass is 487 g/mol. The lowest BCUT2D eigenvalue weighted by atomic mass is 10.1. The van der Waals surface area contributed by atoms with Crippen molar-refractivity contribution in [2.75, 3.05) is 19.7 Å². The second kappa shape index (κ2) is 11.5. The largest absolute Gasteiger partial charge is 0.485 e. The van der Waals surface area contributed by atoms with Crippen molar-refractivity contribution in [2.45, 2.75) is 27.4 Å². The summed E-state index contributed by atoms with van der Waals surface area (Å²) in [4.78, 5) is 24.8. The van der Waals surface area contributed by atoms with E-state index in [2.05, 4.69) is 0 Å². The number of hydrogen-bond donors (Lipinski definition) is 1. The molecule has 0 aliphatic rings. The van der Waals surface area contributed by atoms with E-state index < -0.39 is 53.8 Å². The van der Waals surface area contributed by atoms with E-state index in [4.69, 9.17) is 14.6 Å². The summed E-state index contributed by atoms with van der Waals surface area (Å²) in [5, 5.41) is 8.90. The minimum absolute atomic E-state index is 0.174. The Morgan fingerprint density at radius 3 is 2.00 bits per heavy atom. The Balaban J connectivity index is 2.38. The molecule has 0 aliphatic heterocycles. The number of halogens is 5. The Labute approximate surface area is 192 Å². The van der Waals surface area contributed by atoms with Crippen molar-refractivity contribution in [2.24, 2.45) is 0 Å². The number of carboxylic acid groups (broad SMARTS) is 1. The van der Waals surface area contributed by atoms with Crippen molar-refractivity contribution in [3.63, 3.8) is 0 Å². The van der Waals surface area contributed by atoms with Crippen LogP contribution in [0.3, 0.4) is 0 Å². The van der Waals surface area contributed by atoms with Gasteiger partial charge in [-0.15, -0.1) is 0 Å². The van der Waals surface area contributed by atoms with Crippen LogP contribution in [0.15, 0.2) is 24.3 Å². The van der Waals surface area contributed by atoms with Crippen molar-refractivity contribution in [1.29, 1.82) is 0 Å². The van der Waals surface area contributed by atoms with Crippen molar-refractivity contribution in [3.8, 4) is 11.5 Å². The van der Waals surface area contributed by atoms with Gasteiger partial charge in [-0.05, 0) is 44.0 Å². The van der Waals surface area contributed by atoms with Gasteiger partial charge in [-0.3, -0.25) is 4.79 Å². The number of ether oxygens (including phenoxy) is 2. The third kappa shape index (κ3) is 6.03. The van der Waals surface area contributed by atoms with E-state index in [0.29, 0.717) is 24.2 Å². The van der Waals surface area contributed by atoms with Crippen LogP contribution in [0.25, 0.3) is 5.57 Å². The topological polar surface area (TPSA) is 76.1 Å². The van der Waals surface area contributed by atoms with Gasteiger partial charge in [0.1, 0.15) is 6.61 Å². The van der Waals surface area contributed by atoms with Crippen LogP contribution in [0.2, 0.25) is 0 Å². The normalized spacial score (nSPS) is 11.4. The summed E-state index contributed by atoms with van der Waals surface area (Å²) >= 11 is 0. The van der Waals surface area contributed by atoms with Crippen LogP contribution >= 0.6 is 0 Å². The van der Waals surface area contributed by atoms with E-state index in [1.54, 1.807) is 11.8 Å². The van der Waals surface area contributed by atoms with E-state index >= 15 is 0 Å². The van der Waals surface area contributed by atoms with E-state index in [-0.39, 0.29) is 17.4 Å². The average molecular weight is 487 g/mol. The summed E-state index contributed by atoms with van der Waals surface area (Å²) in [6.07, 6.45) is 1.37. The molecule has 0 radical (unpaired) electrons. The maximum Gasteiger partial charge on any atom is 0.341 e. The third-order valence-corrected chi connectivity index (χ3v) is 4.84. The Kier molecular flexibility index (Phi) is 8.99. The van der Waals surface area contributed by atoms with Gasteiger partial charge in [-0.2, -0.15) is 0 Å². The first-order chi connectivity index (χ1) is 16.0. The minimum Gasteiger partial charge on any atom is -0.485 e. The lowest BCUT2D eigenvalue weighted by Crippen LogP contribution is -2.28. The molecular weight excluding hydrogens is 465 g/mol. The molecule has 1 N–H and O–H groups in total. The second-order valence-corrected chi connectivity index (χ2v) is 7.02. The number of rotatable bonds is 10. The Morgan fingerprint density at radius 2 is 1.47 bits per heavy atom. The van der Waals surface area contributed by atoms with Gasteiger partial charge in [-0.25, -0.2) is 26.7 Å². The van der Waals surface area contributed by atoms with Gasteiger partial charge in [0.2, 0.25) is 11.7 Å². The van der Waals surface area contributed by atoms with Gasteiger partial charge in [0.25, 0.3) is 0 Å². The Bertz CT molecular complexity index is 1090. The molecule has 1 amide bonds. The first-order valence-corrected chi connectivity index (χ1v) is 10.1. The fourth-order valence-corrected chi connectivity index (χ4v) is 2.95. The molecule has 0 aliphatic carbocycles. The maximum absolute atomic E-state index is 13.9. The number of nitrogens with zero attached hydrogens (tertiary/aromatic N) is 1. The average Bonchev–Trinajstić information content (AvgIpc) is 2.81. The summed E-state index contributed by atoms with van der Waals surface area (Å²) in [7, 11) is 0. The van der Waals surface area contributed by atoms with Crippen molar-refractivity contribution in [1.82, 2.24) is 4.90 Å². The molecule has 0 atom stereocenters. The molecule has 0 saturated carbocycles. The minimum atomic E-state index is -2.30. The molecule has 0 spiro atoms. The molecule has 184 valence electrons. The highest BCUT2D eigenvalue weighted by Crippen LogP contribution is 2.33. The van der Waals surface area contributed by atoms with Crippen LogP contribution in [-0.4, -0.2) is 41.6 Å². The number of carbonyl (C=O) groups is 2. The second-order valence-electron chi connectivity index (χ2n) is 7.02. The predicted molar refractivity (Wildman–Crippen MR) is 112 cm³/mol. The highest BCUT2D eigenvalue weighted by molar-refractivity contribution is 5.95. The zero-order valence-electron chi connectivity index (χ0n) is 18.6. The molecule has 0 saturated heterocycles. The standard InChI is InChI=1S/C23H22F5NO5/c1-4-29(5-2)17(30)8-12(3)13-6-7-15(16(9-13)34-11-18(31)32)33-10-14-19(24)21(26)23(28)22(27)20(14)25/h6-9H,4-5,10-11H2,1-3H3,(H,31,32)/b12-8+. The molecule has 34 heavy (non-hydrogen) atoms. The van der Waals surface area contributed by atoms with Crippen LogP contribution < -0.4 is 9.47 Å². The molecule has 0 fully saturated rings. The smallest absolute Gasteiger partial charge is 0.341 e. The lowest BCUT2D eigenvalue weighted by Gasteiger charge is -2.17. The summed E-state index contributed by atoms with van der Waals surface area (Å²) in [5.74, 6) is -12.6. The van der Waals surface area contributed by atoms with E-state index in [0.717, 1.165) is 0 Å². The van der Waals surface area contributed by atoms with Gasteiger partial charge < -0.3 is 19.5 Å². The lowest BCUT2D eigenvalue weighted by molar-refractivity contribution is -0.139. The molecular formula is C23H22F5NO5. The summed E-state index contributed by atoms with van der Waals surface area (Å²) in [5.41, 5.74) is -0.251. The van der Waals surface area contributed by atoms with E-state index in [1.807, 2.05) is 13.8 Å². The zero-order chi connectivity index (χ0) is 25.6. The molecule has 0 heterocycles. The highest BCUT2D eigenvalue weighted by atomic mass is 19.2. The number of hydrogen-bond acceptors (Lipinski definition) is 4. The predicted octanol–water partition coefficient (Wildman–Crippen LogP) is 4.70. The van der Waals surface area contributed by atoms with Gasteiger partial charge in [-0.1, -0.05) is 6.07 Å². The van der Waals surface area contributed by atoms with Crippen LogP contribution in [0.1, 0.15) is 31.9 Å². The molecule has 0 aromatic heterocycles. The van der Waals surface area contributed by atoms with Crippen LogP contribution in [0.5, 0.6) is 11.5 Å². The fraction of sp³-hybridized carbons (Fsp3) is 0.304. The quantitative estimate of drug-likeness (QED) is 0.228. The van der Waals surface area contributed by atoms with E-state index in [9.17, 15) is 31.5 Å². The zero-order valence-corrected chi connectivity index (χ0v) is 18.6. The highest BCUT2D eigenvalue weighted by Gasteiger charge is 2.26. The summed E-state index contributed by atoms with van der Waals surface area (Å²) in [6, 6.07) is 4.05. The molecule has 2 rings (SSSR count). The maximum atomic E-state index is 13.9. The van der Waals surface area contributed by atoms with Crippen LogP contribution in [-0.2, 0) is 16.2 Å². The molecule has 6 nitrogen and oxygen atoms in total. The third-order valence-electron chi connectivity index (χ3n) is 4.84. The number of carbonyl (C=O) groups excluding carboxylic acids is 1. The molecule has 2 aromatic rings. The van der Waals surface area contributed by atoms with Gasteiger partial charge >= 0.3 is 5.97 Å². The van der Waals surface area contributed by atoms with E-state index in [1.165, 1.54) is 24.3 Å². The van der Waals surface area contributed by atoms with Crippen molar-refractivity contribution in [3.05, 3.63) is 64.5 Å². The summed E-state index contributed by atoms with van der Waals surface area (Å²) < 4.78 is 78.3. The first-order valence-electron chi connectivity index (χ1n) is 10.1. The van der Waals surface area contributed by atoms with Crippen molar-refractivity contribution >= 4 is 17.4 Å². The number of allylic oxidation sites excluding steroid dienone is 1. The fourth-order valence-electron chi connectivity index (χ4n) is 2.95. The molecule has 11 heteroatoms.